The smallest absolute Gasteiger partial charge is 0.305 e. The molecule has 0 aromatic heterocycles. The second kappa shape index (κ2) is 15.1. The van der Waals surface area contributed by atoms with Gasteiger partial charge >= 0.3 is 11.9 Å². The van der Waals surface area contributed by atoms with Crippen LogP contribution in [0, 0.1) is 0 Å². The van der Waals surface area contributed by atoms with Gasteiger partial charge in [-0.3, -0.25) is 9.59 Å². The zero-order valence-electron chi connectivity index (χ0n) is 13.6. The lowest BCUT2D eigenvalue weighted by atomic mass is 10.2. The molecule has 0 fully saturated rings. The molecule has 0 aromatic carbocycles. The quantitative estimate of drug-likeness (QED) is 0.291. The summed E-state index contributed by atoms with van der Waals surface area (Å²) in [6.45, 7) is 4.83. The van der Waals surface area contributed by atoms with E-state index in [-0.39, 0.29) is 11.9 Å². The van der Waals surface area contributed by atoms with Crippen LogP contribution in [-0.4, -0.2) is 25.2 Å². The molecular formula is C17H30O4. The van der Waals surface area contributed by atoms with Crippen molar-refractivity contribution in [1.82, 2.24) is 0 Å². The molecule has 0 rings (SSSR count). The summed E-state index contributed by atoms with van der Waals surface area (Å²) >= 11 is 0. The van der Waals surface area contributed by atoms with E-state index < -0.39 is 0 Å². The molecule has 0 aromatic rings. The highest BCUT2D eigenvalue weighted by atomic mass is 16.5. The Morgan fingerprint density at radius 1 is 0.810 bits per heavy atom. The Morgan fingerprint density at radius 2 is 1.43 bits per heavy atom. The standard InChI is InChI=1S/C17H30O4/c1-3-5-6-7-8-9-12-15-21-17(19)14-11-10-13-16(18)20-4-2/h8-9H,3-7,10-15H2,1-2H3/b9-8-. The van der Waals surface area contributed by atoms with Crippen molar-refractivity contribution >= 4 is 11.9 Å². The van der Waals surface area contributed by atoms with Gasteiger partial charge in [0.1, 0.15) is 0 Å². The topological polar surface area (TPSA) is 52.6 Å². The molecule has 21 heavy (non-hydrogen) atoms. The predicted molar refractivity (Wildman–Crippen MR) is 84.0 cm³/mol. The third-order valence-corrected chi connectivity index (χ3v) is 3.01. The van der Waals surface area contributed by atoms with Crippen LogP contribution >= 0.6 is 0 Å². The first kappa shape index (κ1) is 19.7. The van der Waals surface area contributed by atoms with Crippen molar-refractivity contribution in [3.8, 4) is 0 Å². The predicted octanol–water partition coefficient (Wildman–Crippen LogP) is 4.18. The minimum atomic E-state index is -0.195. The van der Waals surface area contributed by atoms with Gasteiger partial charge in [0, 0.05) is 12.8 Å². The maximum atomic E-state index is 11.4. The fourth-order valence-electron chi connectivity index (χ4n) is 1.83. The highest BCUT2D eigenvalue weighted by molar-refractivity contribution is 5.70. The van der Waals surface area contributed by atoms with Gasteiger partial charge in [0.05, 0.1) is 13.2 Å². The molecule has 0 aliphatic carbocycles. The molecule has 0 unspecified atom stereocenters. The fourth-order valence-corrected chi connectivity index (χ4v) is 1.83. The maximum absolute atomic E-state index is 11.4. The van der Waals surface area contributed by atoms with E-state index in [4.69, 9.17) is 9.47 Å². The number of hydrogen-bond acceptors (Lipinski definition) is 4. The normalized spacial score (nSPS) is 10.8. The van der Waals surface area contributed by atoms with Gasteiger partial charge in [-0.15, -0.1) is 0 Å². The molecule has 0 radical (unpaired) electrons. The number of hydrogen-bond donors (Lipinski definition) is 0. The SMILES string of the molecule is CCCCC/C=C\CCOC(=O)CCCCC(=O)OCC. The molecule has 0 atom stereocenters. The Labute approximate surface area is 128 Å². The highest BCUT2D eigenvalue weighted by Gasteiger charge is 2.05. The first-order valence-corrected chi connectivity index (χ1v) is 8.16. The van der Waals surface area contributed by atoms with E-state index in [1.165, 1.54) is 19.3 Å². The zero-order valence-corrected chi connectivity index (χ0v) is 13.6. The molecule has 0 amide bonds. The summed E-state index contributed by atoms with van der Waals surface area (Å²) in [5, 5.41) is 0. The van der Waals surface area contributed by atoms with E-state index in [0.29, 0.717) is 38.9 Å². The lowest BCUT2D eigenvalue weighted by molar-refractivity contribution is -0.145. The largest absolute Gasteiger partial charge is 0.466 e. The van der Waals surface area contributed by atoms with E-state index in [0.717, 1.165) is 12.8 Å². The average Bonchev–Trinajstić information content (AvgIpc) is 2.47. The Balaban J connectivity index is 3.36. The molecule has 0 bridgehead atoms. The summed E-state index contributed by atoms with van der Waals surface area (Å²) < 4.78 is 9.93. The third kappa shape index (κ3) is 14.9. The van der Waals surface area contributed by atoms with Crippen LogP contribution in [0.25, 0.3) is 0 Å². The number of esters is 2. The summed E-state index contributed by atoms with van der Waals surface area (Å²) in [6.07, 6.45) is 11.9. The number of allylic oxidation sites excluding steroid dienone is 1. The Hall–Kier alpha value is -1.32. The first-order valence-electron chi connectivity index (χ1n) is 8.16. The van der Waals surface area contributed by atoms with Crippen LogP contribution in [0.2, 0.25) is 0 Å². The van der Waals surface area contributed by atoms with Crippen LogP contribution in [0.1, 0.15) is 71.6 Å². The van der Waals surface area contributed by atoms with Gasteiger partial charge in [0.15, 0.2) is 0 Å². The van der Waals surface area contributed by atoms with E-state index in [1.807, 2.05) is 0 Å². The molecule has 0 aliphatic rings. The number of ether oxygens (including phenoxy) is 2. The Bertz CT molecular complexity index is 297. The lowest BCUT2D eigenvalue weighted by Crippen LogP contribution is -2.07. The second-order valence-electron chi connectivity index (χ2n) is 4.99. The second-order valence-corrected chi connectivity index (χ2v) is 4.99. The molecule has 0 N–H and O–H groups in total. The van der Waals surface area contributed by atoms with Crippen molar-refractivity contribution in [2.75, 3.05) is 13.2 Å². The number of carbonyl (C=O) groups excluding carboxylic acids is 2. The van der Waals surface area contributed by atoms with Crippen LogP contribution in [-0.2, 0) is 19.1 Å². The minimum absolute atomic E-state index is 0.182. The van der Waals surface area contributed by atoms with Crippen LogP contribution in [0.4, 0.5) is 0 Å². The highest BCUT2D eigenvalue weighted by Crippen LogP contribution is 2.04. The summed E-state index contributed by atoms with van der Waals surface area (Å²) in [6, 6.07) is 0. The van der Waals surface area contributed by atoms with Gasteiger partial charge in [-0.2, -0.15) is 0 Å². The van der Waals surface area contributed by atoms with E-state index in [9.17, 15) is 9.59 Å². The third-order valence-electron chi connectivity index (χ3n) is 3.01. The van der Waals surface area contributed by atoms with Gasteiger partial charge in [-0.05, 0) is 39.0 Å². The Kier molecular flexibility index (Phi) is 14.1. The molecule has 0 aliphatic heterocycles. The van der Waals surface area contributed by atoms with E-state index in [1.54, 1.807) is 6.92 Å². The molecule has 4 nitrogen and oxygen atoms in total. The summed E-state index contributed by atoms with van der Waals surface area (Å²) in [5.41, 5.74) is 0. The number of unbranched alkanes of at least 4 members (excludes halogenated alkanes) is 4. The molecule has 0 heterocycles. The molecule has 0 spiro atoms. The monoisotopic (exact) mass is 298 g/mol. The van der Waals surface area contributed by atoms with Crippen molar-refractivity contribution in [2.24, 2.45) is 0 Å². The Morgan fingerprint density at radius 3 is 2.05 bits per heavy atom. The van der Waals surface area contributed by atoms with Crippen molar-refractivity contribution in [3.05, 3.63) is 12.2 Å². The lowest BCUT2D eigenvalue weighted by Gasteiger charge is -2.03. The number of carbonyl (C=O) groups is 2. The van der Waals surface area contributed by atoms with Crippen molar-refractivity contribution in [1.29, 1.82) is 0 Å². The maximum Gasteiger partial charge on any atom is 0.305 e. The van der Waals surface area contributed by atoms with Crippen molar-refractivity contribution < 1.29 is 19.1 Å². The van der Waals surface area contributed by atoms with E-state index >= 15 is 0 Å². The molecular weight excluding hydrogens is 268 g/mol. The molecule has 0 saturated carbocycles. The van der Waals surface area contributed by atoms with Crippen LogP contribution in [0.15, 0.2) is 12.2 Å². The van der Waals surface area contributed by atoms with Gasteiger partial charge in [0.2, 0.25) is 0 Å². The van der Waals surface area contributed by atoms with Crippen LogP contribution < -0.4 is 0 Å². The number of rotatable bonds is 13. The van der Waals surface area contributed by atoms with Crippen molar-refractivity contribution in [3.63, 3.8) is 0 Å². The summed E-state index contributed by atoms with van der Waals surface area (Å²) in [5.74, 6) is -0.377. The molecule has 0 saturated heterocycles. The summed E-state index contributed by atoms with van der Waals surface area (Å²) in [7, 11) is 0. The van der Waals surface area contributed by atoms with E-state index in [2.05, 4.69) is 19.1 Å². The summed E-state index contributed by atoms with van der Waals surface area (Å²) in [4.78, 5) is 22.5. The minimum Gasteiger partial charge on any atom is -0.466 e. The van der Waals surface area contributed by atoms with Crippen molar-refractivity contribution in [2.45, 2.75) is 71.6 Å². The van der Waals surface area contributed by atoms with Gasteiger partial charge in [-0.25, -0.2) is 0 Å². The van der Waals surface area contributed by atoms with Gasteiger partial charge in [-0.1, -0.05) is 31.9 Å². The zero-order chi connectivity index (χ0) is 15.8. The fraction of sp³-hybridized carbons (Fsp3) is 0.765. The molecule has 122 valence electrons. The first-order chi connectivity index (χ1) is 10.2. The average molecular weight is 298 g/mol. The van der Waals surface area contributed by atoms with Gasteiger partial charge < -0.3 is 9.47 Å². The van der Waals surface area contributed by atoms with Crippen LogP contribution in [0.5, 0.6) is 0 Å². The van der Waals surface area contributed by atoms with Gasteiger partial charge in [0.25, 0.3) is 0 Å². The van der Waals surface area contributed by atoms with Crippen LogP contribution in [0.3, 0.4) is 0 Å². The molecule has 4 heteroatoms.